The number of hydrogen-bond donors (Lipinski definition) is 2. The number of piperazine rings is 1. The Morgan fingerprint density at radius 2 is 2.00 bits per heavy atom. The molecule has 1 unspecified atom stereocenters. The average Bonchev–Trinajstić information content (AvgIpc) is 2.69. The van der Waals surface area contributed by atoms with Crippen molar-refractivity contribution in [3.63, 3.8) is 0 Å². The number of carbonyl (C=O) groups excluding carboxylic acids is 1. The molecule has 6 nitrogen and oxygen atoms in total. The van der Waals surface area contributed by atoms with Crippen molar-refractivity contribution in [1.82, 2.24) is 10.2 Å². The molecule has 0 radical (unpaired) electrons. The van der Waals surface area contributed by atoms with Crippen molar-refractivity contribution in [2.24, 2.45) is 0 Å². The highest BCUT2D eigenvalue weighted by atomic mass is 35.5. The van der Waals surface area contributed by atoms with Crippen molar-refractivity contribution in [2.45, 2.75) is 6.04 Å². The molecule has 1 aliphatic heterocycles. The standard InChI is InChI=1S/C19H21Cl2N3O3.ClH/c1-26-15-3-2-4-16(10-15)27-12-14-11-22-7-8-24(14)19(25)23-13-5-6-17(20)18(21)9-13;/h2-6,9-10,14,22H,7-8,11-12H2,1H3,(H,23,25);1H. The van der Waals surface area contributed by atoms with Gasteiger partial charge in [-0.3, -0.25) is 0 Å². The summed E-state index contributed by atoms with van der Waals surface area (Å²) in [7, 11) is 1.61. The molecule has 1 heterocycles. The van der Waals surface area contributed by atoms with Crippen molar-refractivity contribution in [3.8, 4) is 11.5 Å². The fourth-order valence-corrected chi connectivity index (χ4v) is 3.13. The van der Waals surface area contributed by atoms with Gasteiger partial charge in [-0.25, -0.2) is 4.79 Å². The first-order chi connectivity index (χ1) is 13.1. The molecule has 0 spiro atoms. The van der Waals surface area contributed by atoms with Gasteiger partial charge in [0.2, 0.25) is 0 Å². The van der Waals surface area contributed by atoms with Gasteiger partial charge in [-0.2, -0.15) is 0 Å². The molecule has 0 bridgehead atoms. The maximum Gasteiger partial charge on any atom is 0.322 e. The minimum atomic E-state index is -0.200. The molecular weight excluding hydrogens is 425 g/mol. The number of benzene rings is 2. The average molecular weight is 447 g/mol. The minimum Gasteiger partial charge on any atom is -0.497 e. The van der Waals surface area contributed by atoms with E-state index in [-0.39, 0.29) is 24.5 Å². The number of halogens is 3. The van der Waals surface area contributed by atoms with Crippen LogP contribution in [-0.2, 0) is 0 Å². The van der Waals surface area contributed by atoms with E-state index in [4.69, 9.17) is 32.7 Å². The van der Waals surface area contributed by atoms with Crippen molar-refractivity contribution in [2.75, 3.05) is 38.7 Å². The zero-order valence-electron chi connectivity index (χ0n) is 15.3. The largest absolute Gasteiger partial charge is 0.497 e. The van der Waals surface area contributed by atoms with E-state index in [1.165, 1.54) is 0 Å². The second kappa shape index (κ2) is 10.6. The monoisotopic (exact) mass is 445 g/mol. The molecule has 1 fully saturated rings. The second-order valence-electron chi connectivity index (χ2n) is 6.10. The van der Waals surface area contributed by atoms with Crippen LogP contribution in [0.15, 0.2) is 42.5 Å². The Labute approximate surface area is 180 Å². The summed E-state index contributed by atoms with van der Waals surface area (Å²) in [5.41, 5.74) is 0.598. The highest BCUT2D eigenvalue weighted by Crippen LogP contribution is 2.25. The summed E-state index contributed by atoms with van der Waals surface area (Å²) in [6.07, 6.45) is 0. The Kier molecular flexibility index (Phi) is 8.51. The summed E-state index contributed by atoms with van der Waals surface area (Å²) in [5, 5.41) is 7.00. The van der Waals surface area contributed by atoms with Crippen LogP contribution >= 0.6 is 35.6 Å². The van der Waals surface area contributed by atoms with E-state index < -0.39 is 0 Å². The summed E-state index contributed by atoms with van der Waals surface area (Å²) in [6, 6.07) is 12.1. The molecular formula is C19H22Cl3N3O3. The normalized spacial score (nSPS) is 16.1. The molecule has 9 heteroatoms. The summed E-state index contributed by atoms with van der Waals surface area (Å²) in [4.78, 5) is 14.5. The third-order valence-electron chi connectivity index (χ3n) is 4.27. The van der Waals surface area contributed by atoms with Crippen LogP contribution in [0.25, 0.3) is 0 Å². The predicted molar refractivity (Wildman–Crippen MR) is 115 cm³/mol. The maximum atomic E-state index is 12.7. The van der Waals surface area contributed by atoms with Crippen LogP contribution in [0.1, 0.15) is 0 Å². The van der Waals surface area contributed by atoms with Gasteiger partial charge >= 0.3 is 6.03 Å². The van der Waals surface area contributed by atoms with Crippen molar-refractivity contribution >= 4 is 47.3 Å². The SMILES string of the molecule is COc1cccc(OCC2CNCCN2C(=O)Nc2ccc(Cl)c(Cl)c2)c1.Cl. The fraction of sp³-hybridized carbons (Fsp3) is 0.316. The highest BCUT2D eigenvalue weighted by Gasteiger charge is 2.27. The molecule has 2 aromatic carbocycles. The molecule has 0 saturated carbocycles. The number of hydrogen-bond acceptors (Lipinski definition) is 4. The number of urea groups is 1. The van der Waals surface area contributed by atoms with Crippen LogP contribution < -0.4 is 20.1 Å². The molecule has 1 atom stereocenters. The molecule has 2 aromatic rings. The maximum absolute atomic E-state index is 12.7. The van der Waals surface area contributed by atoms with E-state index in [9.17, 15) is 4.79 Å². The number of amides is 2. The highest BCUT2D eigenvalue weighted by molar-refractivity contribution is 6.42. The summed E-state index contributed by atoms with van der Waals surface area (Å²) in [6.45, 7) is 2.33. The Morgan fingerprint density at radius 3 is 2.75 bits per heavy atom. The van der Waals surface area contributed by atoms with Crippen molar-refractivity contribution in [3.05, 3.63) is 52.5 Å². The lowest BCUT2D eigenvalue weighted by Crippen LogP contribution is -2.57. The Balaban J connectivity index is 0.00000280. The van der Waals surface area contributed by atoms with Gasteiger partial charge in [0.15, 0.2) is 0 Å². The summed E-state index contributed by atoms with van der Waals surface area (Å²) >= 11 is 11.9. The molecule has 1 aliphatic rings. The van der Waals surface area contributed by atoms with E-state index in [0.29, 0.717) is 41.2 Å². The lowest BCUT2D eigenvalue weighted by Gasteiger charge is -2.36. The predicted octanol–water partition coefficient (Wildman–Crippen LogP) is 4.31. The van der Waals surface area contributed by atoms with Crippen molar-refractivity contribution < 1.29 is 14.3 Å². The third kappa shape index (κ3) is 5.82. The van der Waals surface area contributed by atoms with Gasteiger partial charge in [0, 0.05) is 31.4 Å². The zero-order valence-corrected chi connectivity index (χ0v) is 17.6. The van der Waals surface area contributed by atoms with Gasteiger partial charge in [-0.05, 0) is 30.3 Å². The fourth-order valence-electron chi connectivity index (χ4n) is 2.83. The van der Waals surface area contributed by atoms with Crippen LogP contribution in [0.4, 0.5) is 10.5 Å². The first-order valence-electron chi connectivity index (χ1n) is 8.57. The van der Waals surface area contributed by atoms with E-state index in [0.717, 1.165) is 12.3 Å². The lowest BCUT2D eigenvalue weighted by atomic mass is 10.2. The molecule has 152 valence electrons. The van der Waals surface area contributed by atoms with Crippen LogP contribution in [0, 0.1) is 0 Å². The van der Waals surface area contributed by atoms with Crippen molar-refractivity contribution in [1.29, 1.82) is 0 Å². The number of rotatable bonds is 5. The molecule has 2 N–H and O–H groups in total. The van der Waals surface area contributed by atoms with E-state index >= 15 is 0 Å². The number of ether oxygens (including phenoxy) is 2. The molecule has 3 rings (SSSR count). The van der Waals surface area contributed by atoms with Gasteiger partial charge in [0.25, 0.3) is 0 Å². The van der Waals surface area contributed by atoms with Gasteiger partial charge < -0.3 is 25.0 Å². The van der Waals surface area contributed by atoms with Gasteiger partial charge in [-0.1, -0.05) is 29.3 Å². The van der Waals surface area contributed by atoms with Gasteiger partial charge in [0.05, 0.1) is 23.2 Å². The third-order valence-corrected chi connectivity index (χ3v) is 5.00. The van der Waals surface area contributed by atoms with Crippen LogP contribution in [0.3, 0.4) is 0 Å². The van der Waals surface area contributed by atoms with E-state index in [1.807, 2.05) is 24.3 Å². The molecule has 0 aliphatic carbocycles. The number of nitrogens with zero attached hydrogens (tertiary/aromatic N) is 1. The zero-order chi connectivity index (χ0) is 19.2. The summed E-state index contributed by atoms with van der Waals surface area (Å²) < 4.78 is 11.1. The minimum absolute atomic E-state index is 0. The lowest BCUT2D eigenvalue weighted by molar-refractivity contribution is 0.133. The molecule has 1 saturated heterocycles. The topological polar surface area (TPSA) is 62.8 Å². The Bertz CT molecular complexity index is 807. The van der Waals surface area contributed by atoms with E-state index in [1.54, 1.807) is 30.2 Å². The van der Waals surface area contributed by atoms with Crippen LogP contribution in [0.2, 0.25) is 10.0 Å². The number of nitrogens with one attached hydrogen (secondary N) is 2. The van der Waals surface area contributed by atoms with Gasteiger partial charge in [0.1, 0.15) is 18.1 Å². The van der Waals surface area contributed by atoms with E-state index in [2.05, 4.69) is 10.6 Å². The van der Waals surface area contributed by atoms with Gasteiger partial charge in [-0.15, -0.1) is 12.4 Å². The quantitative estimate of drug-likeness (QED) is 0.718. The summed E-state index contributed by atoms with van der Waals surface area (Å²) in [5.74, 6) is 1.42. The van der Waals surface area contributed by atoms with Crippen LogP contribution in [0.5, 0.6) is 11.5 Å². The Hall–Kier alpha value is -1.86. The number of carbonyl (C=O) groups is 1. The Morgan fingerprint density at radius 1 is 1.21 bits per heavy atom. The molecule has 2 amide bonds. The number of methoxy groups -OCH3 is 1. The first kappa shape index (κ1) is 22.4. The van der Waals surface area contributed by atoms with Crippen LogP contribution in [-0.4, -0.2) is 50.3 Å². The molecule has 0 aromatic heterocycles. The molecule has 28 heavy (non-hydrogen) atoms. The number of anilines is 1. The second-order valence-corrected chi connectivity index (χ2v) is 6.91. The smallest absolute Gasteiger partial charge is 0.322 e. The first-order valence-corrected chi connectivity index (χ1v) is 9.32.